The predicted octanol–water partition coefficient (Wildman–Crippen LogP) is 2.49. The van der Waals surface area contributed by atoms with Crippen LogP contribution in [0.5, 0.6) is 0 Å². The Balaban J connectivity index is 2.22. The van der Waals surface area contributed by atoms with Gasteiger partial charge in [0.2, 0.25) is 0 Å². The molecule has 21 heavy (non-hydrogen) atoms. The molecule has 110 valence electrons. The molecule has 0 atom stereocenters. The van der Waals surface area contributed by atoms with Gasteiger partial charge in [0.05, 0.1) is 17.7 Å². The molecule has 0 saturated carbocycles. The average Bonchev–Trinajstić information content (AvgIpc) is 2.84. The van der Waals surface area contributed by atoms with Crippen LogP contribution in [0.1, 0.15) is 32.2 Å². The summed E-state index contributed by atoms with van der Waals surface area (Å²) in [6, 6.07) is 4.37. The Kier molecular flexibility index (Phi) is 4.02. The first-order chi connectivity index (χ1) is 9.88. The van der Waals surface area contributed by atoms with E-state index >= 15 is 0 Å². The van der Waals surface area contributed by atoms with Crippen molar-refractivity contribution < 1.29 is 27.9 Å². The zero-order valence-corrected chi connectivity index (χ0v) is 10.9. The number of benzene rings is 1. The molecular weight excluding hydrogens is 284 g/mol. The molecule has 0 spiro atoms. The number of rotatable bonds is 4. The fourth-order valence-corrected chi connectivity index (χ4v) is 1.75. The van der Waals surface area contributed by atoms with E-state index in [0.29, 0.717) is 23.7 Å². The molecule has 0 radical (unpaired) electrons. The Bertz CT molecular complexity index is 709. The minimum Gasteiger partial charge on any atom is -0.478 e. The Hall–Kier alpha value is -2.70. The monoisotopic (exact) mass is 295 g/mol. The maximum absolute atomic E-state index is 13.2. The van der Waals surface area contributed by atoms with Crippen molar-refractivity contribution in [2.24, 2.45) is 0 Å². The third-order valence-corrected chi connectivity index (χ3v) is 2.75. The first-order valence-electron chi connectivity index (χ1n) is 5.94. The van der Waals surface area contributed by atoms with Gasteiger partial charge < -0.3 is 14.8 Å². The van der Waals surface area contributed by atoms with E-state index in [-0.39, 0.29) is 6.54 Å². The highest BCUT2D eigenvalue weighted by atomic mass is 19.2. The van der Waals surface area contributed by atoms with Gasteiger partial charge in [0.15, 0.2) is 11.6 Å². The molecule has 2 aromatic rings. The molecule has 1 amide bonds. The van der Waals surface area contributed by atoms with E-state index in [4.69, 9.17) is 9.52 Å². The zero-order chi connectivity index (χ0) is 15.6. The van der Waals surface area contributed by atoms with Crippen molar-refractivity contribution in [1.29, 1.82) is 0 Å². The predicted molar refractivity (Wildman–Crippen MR) is 67.9 cm³/mol. The number of furan rings is 1. The molecule has 2 N–H and O–H groups in total. The summed E-state index contributed by atoms with van der Waals surface area (Å²) in [5.74, 6) is -3.86. The number of aromatic carboxylic acids is 1. The number of halogens is 2. The first-order valence-corrected chi connectivity index (χ1v) is 5.94. The van der Waals surface area contributed by atoms with Gasteiger partial charge >= 0.3 is 5.97 Å². The number of carbonyl (C=O) groups is 2. The first kappa shape index (κ1) is 14.7. The van der Waals surface area contributed by atoms with Gasteiger partial charge in [0, 0.05) is 0 Å². The van der Waals surface area contributed by atoms with Crippen LogP contribution in [0.2, 0.25) is 0 Å². The van der Waals surface area contributed by atoms with Gasteiger partial charge in [0.1, 0.15) is 11.5 Å². The number of carboxylic acids is 1. The Morgan fingerprint density at radius 2 is 1.81 bits per heavy atom. The third kappa shape index (κ3) is 3.25. The fraction of sp³-hybridized carbons (Fsp3) is 0.143. The molecule has 2 rings (SSSR count). The Morgan fingerprint density at radius 3 is 2.33 bits per heavy atom. The number of carbonyl (C=O) groups excluding carboxylic acids is 1. The largest absolute Gasteiger partial charge is 0.478 e. The van der Waals surface area contributed by atoms with Crippen LogP contribution in [0.25, 0.3) is 0 Å². The van der Waals surface area contributed by atoms with Gasteiger partial charge in [-0.25, -0.2) is 13.6 Å². The summed E-state index contributed by atoms with van der Waals surface area (Å²) in [7, 11) is 0. The van der Waals surface area contributed by atoms with Gasteiger partial charge in [0.25, 0.3) is 5.91 Å². The maximum Gasteiger partial charge on any atom is 0.336 e. The van der Waals surface area contributed by atoms with E-state index in [0.717, 1.165) is 0 Å². The van der Waals surface area contributed by atoms with Crippen molar-refractivity contribution in [2.75, 3.05) is 0 Å². The SMILES string of the molecule is Cc1ccc(CNC(=O)c2cc(F)c(F)cc2C(=O)O)o1. The molecule has 0 aliphatic carbocycles. The lowest BCUT2D eigenvalue weighted by Crippen LogP contribution is -2.25. The van der Waals surface area contributed by atoms with Crippen LogP contribution in [0, 0.1) is 18.6 Å². The number of hydrogen-bond donors (Lipinski definition) is 2. The van der Waals surface area contributed by atoms with Crippen molar-refractivity contribution >= 4 is 11.9 Å². The average molecular weight is 295 g/mol. The van der Waals surface area contributed by atoms with E-state index in [2.05, 4.69) is 5.32 Å². The topological polar surface area (TPSA) is 79.5 Å². The van der Waals surface area contributed by atoms with Crippen LogP contribution in [0.15, 0.2) is 28.7 Å². The summed E-state index contributed by atoms with van der Waals surface area (Å²) in [5, 5.41) is 11.3. The minimum atomic E-state index is -1.52. The van der Waals surface area contributed by atoms with Crippen LogP contribution in [-0.4, -0.2) is 17.0 Å². The lowest BCUT2D eigenvalue weighted by molar-refractivity contribution is 0.0690. The molecule has 1 aromatic heterocycles. The molecule has 0 aliphatic heterocycles. The van der Waals surface area contributed by atoms with E-state index in [1.807, 2.05) is 0 Å². The van der Waals surface area contributed by atoms with Gasteiger partial charge in [-0.05, 0) is 31.2 Å². The number of amides is 1. The highest BCUT2D eigenvalue weighted by Gasteiger charge is 2.20. The van der Waals surface area contributed by atoms with Crippen molar-refractivity contribution in [3.63, 3.8) is 0 Å². The van der Waals surface area contributed by atoms with Crippen molar-refractivity contribution in [3.05, 3.63) is 58.5 Å². The third-order valence-electron chi connectivity index (χ3n) is 2.75. The second-order valence-electron chi connectivity index (χ2n) is 4.31. The molecule has 1 heterocycles. The molecule has 0 aliphatic rings. The van der Waals surface area contributed by atoms with Crippen molar-refractivity contribution in [2.45, 2.75) is 13.5 Å². The summed E-state index contributed by atoms with van der Waals surface area (Å²) in [4.78, 5) is 22.9. The molecule has 7 heteroatoms. The standard InChI is InChI=1S/C14H11F2NO4/c1-7-2-3-8(21-7)6-17-13(18)9-4-11(15)12(16)5-10(9)14(19)20/h2-5H,6H2,1H3,(H,17,18)(H,19,20). The molecule has 0 saturated heterocycles. The van der Waals surface area contributed by atoms with Gasteiger partial charge in [-0.3, -0.25) is 4.79 Å². The van der Waals surface area contributed by atoms with Crippen LogP contribution in [-0.2, 0) is 6.54 Å². The smallest absolute Gasteiger partial charge is 0.336 e. The fourth-order valence-electron chi connectivity index (χ4n) is 1.75. The molecule has 0 unspecified atom stereocenters. The number of hydrogen-bond acceptors (Lipinski definition) is 3. The van der Waals surface area contributed by atoms with Gasteiger partial charge in [-0.1, -0.05) is 0 Å². The number of carboxylic acid groups (broad SMARTS) is 1. The second kappa shape index (κ2) is 5.74. The normalized spacial score (nSPS) is 10.4. The van der Waals surface area contributed by atoms with Gasteiger partial charge in [-0.15, -0.1) is 0 Å². The molecule has 0 bridgehead atoms. The van der Waals surface area contributed by atoms with Gasteiger partial charge in [-0.2, -0.15) is 0 Å². The van der Waals surface area contributed by atoms with E-state index < -0.39 is 34.6 Å². The van der Waals surface area contributed by atoms with Crippen LogP contribution >= 0.6 is 0 Å². The van der Waals surface area contributed by atoms with Crippen molar-refractivity contribution in [1.82, 2.24) is 5.32 Å². The minimum absolute atomic E-state index is 0.00469. The molecular formula is C14H11F2NO4. The van der Waals surface area contributed by atoms with E-state index in [1.54, 1.807) is 19.1 Å². The lowest BCUT2D eigenvalue weighted by Gasteiger charge is -2.07. The summed E-state index contributed by atoms with van der Waals surface area (Å²) in [6.07, 6.45) is 0. The molecule has 5 nitrogen and oxygen atoms in total. The van der Waals surface area contributed by atoms with Crippen LogP contribution < -0.4 is 5.32 Å². The lowest BCUT2D eigenvalue weighted by atomic mass is 10.1. The zero-order valence-electron chi connectivity index (χ0n) is 10.9. The summed E-state index contributed by atoms with van der Waals surface area (Å²) in [6.45, 7) is 1.73. The highest BCUT2D eigenvalue weighted by Crippen LogP contribution is 2.16. The van der Waals surface area contributed by atoms with E-state index in [1.165, 1.54) is 0 Å². The highest BCUT2D eigenvalue weighted by molar-refractivity contribution is 6.04. The quantitative estimate of drug-likeness (QED) is 0.908. The summed E-state index contributed by atoms with van der Waals surface area (Å²) in [5.41, 5.74) is -1.06. The second-order valence-corrected chi connectivity index (χ2v) is 4.31. The molecule has 1 aromatic carbocycles. The summed E-state index contributed by atoms with van der Waals surface area (Å²) < 4.78 is 31.5. The van der Waals surface area contributed by atoms with Crippen molar-refractivity contribution in [3.8, 4) is 0 Å². The maximum atomic E-state index is 13.2. The number of nitrogens with one attached hydrogen (secondary N) is 1. The van der Waals surface area contributed by atoms with E-state index in [9.17, 15) is 18.4 Å². The number of aryl methyl sites for hydroxylation is 1. The molecule has 0 fully saturated rings. The van der Waals surface area contributed by atoms with Crippen LogP contribution in [0.3, 0.4) is 0 Å². The Morgan fingerprint density at radius 1 is 1.19 bits per heavy atom. The summed E-state index contributed by atoms with van der Waals surface area (Å²) >= 11 is 0. The van der Waals surface area contributed by atoms with Crippen LogP contribution in [0.4, 0.5) is 8.78 Å². The Labute approximate surface area is 118 Å².